The summed E-state index contributed by atoms with van der Waals surface area (Å²) in [4.78, 5) is 23.4. The van der Waals surface area contributed by atoms with E-state index in [0.29, 0.717) is 16.1 Å². The van der Waals surface area contributed by atoms with Gasteiger partial charge in [0, 0.05) is 16.1 Å². The van der Waals surface area contributed by atoms with Gasteiger partial charge in [0.1, 0.15) is 5.75 Å². The van der Waals surface area contributed by atoms with Gasteiger partial charge in [0.25, 0.3) is 0 Å². The van der Waals surface area contributed by atoms with Gasteiger partial charge in [0.05, 0.1) is 5.75 Å². The molecule has 2 amide bonds. The van der Waals surface area contributed by atoms with Crippen LogP contribution in [-0.2, 0) is 4.79 Å². The molecule has 0 atom stereocenters. The van der Waals surface area contributed by atoms with Gasteiger partial charge >= 0.3 is 0 Å². The van der Waals surface area contributed by atoms with Crippen molar-refractivity contribution in [3.8, 4) is 5.75 Å². The summed E-state index contributed by atoms with van der Waals surface area (Å²) in [5, 5.41) is 12.3. The highest BCUT2D eigenvalue weighted by molar-refractivity contribution is 8.00. The Morgan fingerprint density at radius 1 is 1.10 bits per heavy atom. The fourth-order valence-electron chi connectivity index (χ4n) is 1.64. The van der Waals surface area contributed by atoms with E-state index >= 15 is 0 Å². The van der Waals surface area contributed by atoms with Crippen LogP contribution in [0.15, 0.2) is 53.4 Å². The predicted molar refractivity (Wildman–Crippen MR) is 82.4 cm³/mol. The molecule has 0 aliphatic carbocycles. The number of carbonyl (C=O) groups excluding carboxylic acids is 2. The topological polar surface area (TPSA) is 92.4 Å². The average molecular weight is 302 g/mol. The molecule has 0 spiro atoms. The van der Waals surface area contributed by atoms with E-state index in [0.717, 1.165) is 0 Å². The second-order valence-electron chi connectivity index (χ2n) is 4.25. The van der Waals surface area contributed by atoms with E-state index in [9.17, 15) is 14.7 Å². The van der Waals surface area contributed by atoms with E-state index in [4.69, 9.17) is 5.73 Å². The number of nitrogens with two attached hydrogens (primary N) is 1. The zero-order valence-corrected chi connectivity index (χ0v) is 11.9. The van der Waals surface area contributed by atoms with Gasteiger partial charge < -0.3 is 16.2 Å². The number of para-hydroxylation sites is 1. The van der Waals surface area contributed by atoms with E-state index < -0.39 is 5.91 Å². The maximum atomic E-state index is 11.8. The molecule has 4 N–H and O–H groups in total. The summed E-state index contributed by atoms with van der Waals surface area (Å²) in [5.74, 6) is -0.381. The smallest absolute Gasteiger partial charge is 0.248 e. The third kappa shape index (κ3) is 4.25. The van der Waals surface area contributed by atoms with E-state index in [2.05, 4.69) is 5.32 Å². The lowest BCUT2D eigenvalue weighted by atomic mass is 10.2. The summed E-state index contributed by atoms with van der Waals surface area (Å²) in [6.07, 6.45) is 0. The fourth-order valence-corrected chi connectivity index (χ4v) is 2.39. The predicted octanol–water partition coefficient (Wildman–Crippen LogP) is 2.22. The summed E-state index contributed by atoms with van der Waals surface area (Å²) < 4.78 is 0. The molecule has 5 nitrogen and oxygen atoms in total. The Kier molecular flexibility index (Phi) is 4.84. The highest BCUT2D eigenvalue weighted by atomic mass is 32.2. The number of phenolic OH excluding ortho intramolecular Hbond substituents is 1. The van der Waals surface area contributed by atoms with Gasteiger partial charge in [-0.2, -0.15) is 0 Å². The van der Waals surface area contributed by atoms with Crippen LogP contribution in [0.4, 0.5) is 5.69 Å². The number of nitrogens with one attached hydrogen (secondary N) is 1. The molecule has 0 saturated heterocycles. The number of hydrogen-bond donors (Lipinski definition) is 3. The molecule has 108 valence electrons. The zero-order chi connectivity index (χ0) is 15.2. The first kappa shape index (κ1) is 14.9. The van der Waals surface area contributed by atoms with Crippen molar-refractivity contribution in [3.63, 3.8) is 0 Å². The highest BCUT2D eigenvalue weighted by Crippen LogP contribution is 2.27. The van der Waals surface area contributed by atoms with Crippen molar-refractivity contribution in [2.24, 2.45) is 5.73 Å². The molecule has 0 fully saturated rings. The Labute approximate surface area is 126 Å². The van der Waals surface area contributed by atoms with Crippen LogP contribution in [0.5, 0.6) is 5.75 Å². The van der Waals surface area contributed by atoms with Gasteiger partial charge in [-0.05, 0) is 36.4 Å². The van der Waals surface area contributed by atoms with Crippen LogP contribution < -0.4 is 11.1 Å². The van der Waals surface area contributed by atoms with Crippen molar-refractivity contribution >= 4 is 29.3 Å². The molecule has 6 heteroatoms. The maximum absolute atomic E-state index is 11.8. The monoisotopic (exact) mass is 302 g/mol. The van der Waals surface area contributed by atoms with Gasteiger partial charge in [0.15, 0.2) is 0 Å². The molecule has 2 aromatic carbocycles. The lowest BCUT2D eigenvalue weighted by Crippen LogP contribution is -2.14. The number of aromatic hydroxyl groups is 1. The van der Waals surface area contributed by atoms with Gasteiger partial charge in [-0.1, -0.05) is 12.1 Å². The Morgan fingerprint density at radius 2 is 1.76 bits per heavy atom. The first-order valence-electron chi connectivity index (χ1n) is 6.17. The van der Waals surface area contributed by atoms with E-state index in [1.165, 1.54) is 11.8 Å². The third-order valence-electron chi connectivity index (χ3n) is 2.68. The number of rotatable bonds is 5. The van der Waals surface area contributed by atoms with Crippen LogP contribution in [0, 0.1) is 0 Å². The van der Waals surface area contributed by atoms with Crippen molar-refractivity contribution in [2.45, 2.75) is 4.90 Å². The van der Waals surface area contributed by atoms with Gasteiger partial charge in [-0.25, -0.2) is 0 Å². The number of primary amides is 1. The molecule has 0 aliphatic rings. The van der Waals surface area contributed by atoms with Crippen LogP contribution in [0.3, 0.4) is 0 Å². The molecule has 2 rings (SSSR count). The van der Waals surface area contributed by atoms with E-state index in [1.807, 2.05) is 0 Å². The lowest BCUT2D eigenvalue weighted by Gasteiger charge is -2.06. The second-order valence-corrected chi connectivity index (χ2v) is 5.26. The molecular weight excluding hydrogens is 288 g/mol. The van der Waals surface area contributed by atoms with Crippen molar-refractivity contribution in [1.29, 1.82) is 0 Å². The quantitative estimate of drug-likeness (QED) is 0.738. The Hall–Kier alpha value is -2.47. The van der Waals surface area contributed by atoms with E-state index in [1.54, 1.807) is 48.5 Å². The molecule has 0 saturated carbocycles. The number of carbonyl (C=O) groups is 2. The zero-order valence-electron chi connectivity index (χ0n) is 11.1. The Morgan fingerprint density at radius 3 is 2.38 bits per heavy atom. The Balaban J connectivity index is 1.90. The van der Waals surface area contributed by atoms with Crippen molar-refractivity contribution < 1.29 is 14.7 Å². The maximum Gasteiger partial charge on any atom is 0.248 e. The number of anilines is 1. The minimum absolute atomic E-state index is 0.154. The van der Waals surface area contributed by atoms with Crippen molar-refractivity contribution in [1.82, 2.24) is 0 Å². The largest absolute Gasteiger partial charge is 0.507 e. The second kappa shape index (κ2) is 6.81. The van der Waals surface area contributed by atoms with Crippen LogP contribution in [-0.4, -0.2) is 22.7 Å². The minimum atomic E-state index is -0.511. The molecule has 0 unspecified atom stereocenters. The Bertz CT molecular complexity index is 656. The van der Waals surface area contributed by atoms with E-state index in [-0.39, 0.29) is 17.4 Å². The summed E-state index contributed by atoms with van der Waals surface area (Å²) >= 11 is 1.25. The molecule has 0 aliphatic heterocycles. The number of benzene rings is 2. The molecule has 2 aromatic rings. The first-order valence-corrected chi connectivity index (χ1v) is 7.15. The lowest BCUT2D eigenvalue weighted by molar-refractivity contribution is -0.113. The van der Waals surface area contributed by atoms with Gasteiger partial charge in [-0.15, -0.1) is 11.8 Å². The SMILES string of the molecule is NC(=O)c1ccc(NC(=O)CSc2ccccc2O)cc1. The molecule has 0 bridgehead atoms. The number of phenols is 1. The fraction of sp³-hybridized carbons (Fsp3) is 0.0667. The van der Waals surface area contributed by atoms with Gasteiger partial charge in [0.2, 0.25) is 11.8 Å². The molecule has 0 heterocycles. The summed E-state index contributed by atoms with van der Waals surface area (Å²) in [6, 6.07) is 13.2. The standard InChI is InChI=1S/C15H14N2O3S/c16-15(20)10-5-7-11(8-6-10)17-14(19)9-21-13-4-2-1-3-12(13)18/h1-8,18H,9H2,(H2,16,20)(H,17,19). The molecule has 0 aromatic heterocycles. The number of thioether (sulfide) groups is 1. The molecule has 21 heavy (non-hydrogen) atoms. The third-order valence-corrected chi connectivity index (χ3v) is 3.74. The minimum Gasteiger partial charge on any atom is -0.507 e. The van der Waals surface area contributed by atoms with Crippen LogP contribution in [0.25, 0.3) is 0 Å². The summed E-state index contributed by atoms with van der Waals surface area (Å²) in [7, 11) is 0. The summed E-state index contributed by atoms with van der Waals surface area (Å²) in [6.45, 7) is 0. The molecular formula is C15H14N2O3S. The average Bonchev–Trinajstić information content (AvgIpc) is 2.47. The first-order chi connectivity index (χ1) is 10.1. The van der Waals surface area contributed by atoms with Gasteiger partial charge in [-0.3, -0.25) is 9.59 Å². The van der Waals surface area contributed by atoms with Crippen LogP contribution >= 0.6 is 11.8 Å². The van der Waals surface area contributed by atoms with Crippen LogP contribution in [0.1, 0.15) is 10.4 Å². The number of amides is 2. The van der Waals surface area contributed by atoms with Crippen molar-refractivity contribution in [3.05, 3.63) is 54.1 Å². The highest BCUT2D eigenvalue weighted by Gasteiger charge is 2.07. The number of hydrogen-bond acceptors (Lipinski definition) is 4. The normalized spacial score (nSPS) is 10.1. The summed E-state index contributed by atoms with van der Waals surface area (Å²) in [5.41, 5.74) is 6.11. The van der Waals surface area contributed by atoms with Crippen molar-refractivity contribution in [2.75, 3.05) is 11.1 Å². The molecule has 0 radical (unpaired) electrons. The van der Waals surface area contributed by atoms with Crippen LogP contribution in [0.2, 0.25) is 0 Å².